The predicted molar refractivity (Wildman–Crippen MR) is 276 cm³/mol. The average molecular weight is 1090 g/mol. The summed E-state index contributed by atoms with van der Waals surface area (Å²) in [5.41, 5.74) is 18.8. The summed E-state index contributed by atoms with van der Waals surface area (Å²) in [4.78, 5) is 159. The van der Waals surface area contributed by atoms with Crippen LogP contribution in [0.2, 0.25) is 0 Å². The third-order valence-electron chi connectivity index (χ3n) is 12.4. The zero-order valence-electron chi connectivity index (χ0n) is 45.0. The highest BCUT2D eigenvalue weighted by molar-refractivity contribution is 5.99. The largest absolute Gasteiger partial charge is 0.481 e. The number of carboxylic acids is 1. The molecule has 1 aliphatic heterocycles. The van der Waals surface area contributed by atoms with Crippen molar-refractivity contribution in [3.8, 4) is 0 Å². The summed E-state index contributed by atoms with van der Waals surface area (Å²) in [5, 5.41) is 39.6. The van der Waals surface area contributed by atoms with E-state index in [0.29, 0.717) is 31.4 Å². The number of benzene rings is 1. The van der Waals surface area contributed by atoms with Gasteiger partial charge in [-0.1, -0.05) is 58.0 Å². The number of quaternary nitrogens is 2. The van der Waals surface area contributed by atoms with Crippen molar-refractivity contribution in [3.05, 3.63) is 35.9 Å². The molecule has 1 aromatic rings. The van der Waals surface area contributed by atoms with E-state index in [-0.39, 0.29) is 44.1 Å². The fourth-order valence-corrected chi connectivity index (χ4v) is 8.33. The van der Waals surface area contributed by atoms with E-state index in [1.165, 1.54) is 18.7 Å². The molecule has 1 aliphatic rings. The van der Waals surface area contributed by atoms with Gasteiger partial charge in [0.2, 0.25) is 59.1 Å². The number of unbranched alkanes of at least 4 members (excludes halogenated alkanes) is 1. The van der Waals surface area contributed by atoms with Crippen molar-refractivity contribution < 1.29 is 79.2 Å². The van der Waals surface area contributed by atoms with E-state index in [1.807, 2.05) is 0 Å². The third kappa shape index (κ3) is 23.7. The summed E-state index contributed by atoms with van der Waals surface area (Å²) in [5.74, 6) is -10.9. The molecule has 11 amide bonds. The van der Waals surface area contributed by atoms with Crippen LogP contribution in [-0.2, 0) is 64.0 Å². The van der Waals surface area contributed by atoms with Crippen LogP contribution >= 0.6 is 0 Å². The van der Waals surface area contributed by atoms with Crippen molar-refractivity contribution >= 4 is 70.9 Å². The number of carboxylic acid groups (broad SMARTS) is 1. The third-order valence-corrected chi connectivity index (χ3v) is 12.4. The van der Waals surface area contributed by atoms with Gasteiger partial charge < -0.3 is 80.6 Å². The molecule has 1 fully saturated rings. The number of primary amides is 2. The maximum absolute atomic E-state index is 14.4. The molecule has 0 aliphatic carbocycles. The van der Waals surface area contributed by atoms with Gasteiger partial charge in [0.05, 0.1) is 25.6 Å². The number of rotatable bonds is 34. The van der Waals surface area contributed by atoms with Crippen LogP contribution in [0.1, 0.15) is 111 Å². The van der Waals surface area contributed by atoms with Crippen molar-refractivity contribution in [2.45, 2.75) is 173 Å². The van der Waals surface area contributed by atoms with Gasteiger partial charge in [0.1, 0.15) is 48.3 Å². The van der Waals surface area contributed by atoms with Crippen LogP contribution in [0.3, 0.4) is 0 Å². The Bertz CT molecular complexity index is 2220. The minimum absolute atomic E-state index is 0.0427. The summed E-state index contributed by atoms with van der Waals surface area (Å²) in [7, 11) is 0. The number of likely N-dealkylation sites (tertiary alicyclic amines) is 1. The van der Waals surface area contributed by atoms with E-state index in [4.69, 9.17) is 11.5 Å². The van der Waals surface area contributed by atoms with Crippen molar-refractivity contribution in [2.75, 3.05) is 19.6 Å². The predicted octanol–water partition coefficient (Wildman–Crippen LogP) is -5.53. The lowest BCUT2D eigenvalue weighted by Gasteiger charge is -2.32. The molecular weight excluding hydrogens is 1010 g/mol. The minimum atomic E-state index is -1.58. The number of nitrogens with two attached hydrogens (primary N) is 2. The zero-order chi connectivity index (χ0) is 58.1. The Morgan fingerprint density at radius 1 is 0.675 bits per heavy atom. The Hall–Kier alpha value is -7.26. The van der Waals surface area contributed by atoms with E-state index in [1.54, 1.807) is 58.0 Å². The van der Waals surface area contributed by atoms with Crippen molar-refractivity contribution in [2.24, 2.45) is 23.3 Å². The molecule has 1 saturated heterocycles. The molecule has 0 spiro atoms. The Morgan fingerprint density at radius 2 is 1.25 bits per heavy atom. The minimum Gasteiger partial charge on any atom is -0.481 e. The first-order valence-corrected chi connectivity index (χ1v) is 26.0. The highest BCUT2D eigenvalue weighted by atomic mass is 16.4. The fraction of sp³-hybridized carbons (Fsp3) is 0.640. The van der Waals surface area contributed by atoms with Crippen molar-refractivity contribution in [1.82, 2.24) is 47.4 Å². The van der Waals surface area contributed by atoms with Gasteiger partial charge in [-0.25, -0.2) is 0 Å². The van der Waals surface area contributed by atoms with E-state index in [9.17, 15) is 67.7 Å². The smallest absolute Gasteiger partial charge is 0.303 e. The number of amides is 11. The molecule has 0 bridgehead atoms. The van der Waals surface area contributed by atoms with E-state index < -0.39 is 157 Å². The van der Waals surface area contributed by atoms with Crippen LogP contribution in [0.4, 0.5) is 0 Å². The molecule has 0 saturated carbocycles. The van der Waals surface area contributed by atoms with Crippen molar-refractivity contribution in [1.29, 1.82) is 0 Å². The maximum atomic E-state index is 14.4. The number of aliphatic hydroxyl groups is 1. The number of aliphatic carboxylic acids is 1. The summed E-state index contributed by atoms with van der Waals surface area (Å²) >= 11 is 0. The van der Waals surface area contributed by atoms with Gasteiger partial charge >= 0.3 is 5.97 Å². The summed E-state index contributed by atoms with van der Waals surface area (Å²) in [6.45, 7) is 9.72. The van der Waals surface area contributed by atoms with Crippen LogP contribution in [0.5, 0.6) is 0 Å². The first-order valence-electron chi connectivity index (χ1n) is 26.0. The standard InChI is InChI=1S/C50H81N13O14/c1-26(2)21-33(48(75)62-41(29(6)64)42(54)69)60-49(76)37-16-12-20-63(37)50(77)36(22-27(3)4)61-45(72)32(17-18-40(67)68)58-47(74)34(23-30-13-8-7-9-14-30)57-39(66)25-55-43(70)28(5)56-46(73)35(24-38(53)65)59-44(71)31(52)15-10-11-19-51/h7-9,13-14,26-29,31-37,41,64H,10-12,15-25,51-52H2,1-6H3,(H2,53,65)(H2,54,69)(H,55,70)(H,56,73)(H,57,66)(H,58,74)(H,59,71)(H,60,76)(H,61,72)(H,62,75)(H,67,68)/p+2/t28-,29+,31-,32-,33-,34-,35-,36-,37-,41-/m0/s1. The monoisotopic (exact) mass is 1090 g/mol. The van der Waals surface area contributed by atoms with Crippen LogP contribution in [0.25, 0.3) is 0 Å². The molecule has 2 rings (SSSR count). The molecule has 27 nitrogen and oxygen atoms in total. The normalized spacial score (nSPS) is 16.7. The lowest BCUT2D eigenvalue weighted by molar-refractivity contribution is -0.406. The van der Waals surface area contributed by atoms with Crippen LogP contribution < -0.4 is 65.5 Å². The fourth-order valence-electron chi connectivity index (χ4n) is 8.33. The zero-order valence-corrected chi connectivity index (χ0v) is 45.0. The lowest BCUT2D eigenvalue weighted by atomic mass is 10.00. The molecule has 77 heavy (non-hydrogen) atoms. The van der Waals surface area contributed by atoms with E-state index in [2.05, 4.69) is 54.0 Å². The van der Waals surface area contributed by atoms with Crippen LogP contribution in [0, 0.1) is 11.8 Å². The molecule has 1 heterocycles. The lowest BCUT2D eigenvalue weighted by Crippen LogP contribution is -2.69. The number of hydrogen-bond acceptors (Lipinski definition) is 13. The number of nitrogens with one attached hydrogen (secondary N) is 8. The Kier molecular flexibility index (Phi) is 28.2. The first-order chi connectivity index (χ1) is 36.1. The number of carbonyl (C=O) groups excluding carboxylic acids is 11. The number of aliphatic hydroxyl groups excluding tert-OH is 1. The maximum Gasteiger partial charge on any atom is 0.303 e. The van der Waals surface area contributed by atoms with Gasteiger partial charge in [0.15, 0.2) is 6.04 Å². The van der Waals surface area contributed by atoms with Gasteiger partial charge in [-0.15, -0.1) is 0 Å². The van der Waals surface area contributed by atoms with E-state index >= 15 is 0 Å². The van der Waals surface area contributed by atoms with Crippen molar-refractivity contribution in [3.63, 3.8) is 0 Å². The second-order valence-corrected chi connectivity index (χ2v) is 20.2. The molecule has 10 atom stereocenters. The summed E-state index contributed by atoms with van der Waals surface area (Å²) in [6.07, 6.45) is -0.611. The van der Waals surface area contributed by atoms with Gasteiger partial charge in [-0.3, -0.25) is 57.5 Å². The summed E-state index contributed by atoms with van der Waals surface area (Å²) in [6, 6.07) is -3.15. The molecular formula is C50H83N13O14+2. The molecule has 1 aromatic carbocycles. The second kappa shape index (κ2) is 33.0. The molecule has 0 unspecified atom stereocenters. The number of nitrogens with zero attached hydrogens (tertiary/aromatic N) is 1. The summed E-state index contributed by atoms with van der Waals surface area (Å²) < 4.78 is 0. The molecule has 20 N–H and O–H groups in total. The number of hydrogen-bond donors (Lipinski definition) is 14. The quantitative estimate of drug-likeness (QED) is 0.0287. The Balaban J connectivity index is 2.30. The number of carbonyl (C=O) groups is 12. The Morgan fingerprint density at radius 3 is 1.82 bits per heavy atom. The average Bonchev–Trinajstić information content (AvgIpc) is 3.85. The molecule has 0 aromatic heterocycles. The van der Waals surface area contributed by atoms with E-state index in [0.717, 1.165) is 6.42 Å². The van der Waals surface area contributed by atoms with Gasteiger partial charge in [0.25, 0.3) is 5.91 Å². The SMILES string of the molecule is CC(C)C[C@H](NC(=O)[C@@H]1CCCN1C(=O)[C@H](CC(C)C)NC(=O)[C@H](CCC(=O)O)NC(=O)[C@H](Cc1ccccc1)NC(=O)CNC(=O)[C@H](C)NC(=O)[C@H](CC(N)=O)NC(=O)[C@@H]([NH3+])CCCC[NH3+])C(=O)N[C@H](C(N)=O)[C@@H](C)O. The van der Waals surface area contributed by atoms with Gasteiger partial charge in [-0.05, 0) is 76.2 Å². The molecule has 27 heteroatoms. The molecule has 430 valence electrons. The highest BCUT2D eigenvalue weighted by Crippen LogP contribution is 2.22. The topological polar surface area (TPSA) is 452 Å². The van der Waals surface area contributed by atoms with Crippen LogP contribution in [0.15, 0.2) is 30.3 Å². The highest BCUT2D eigenvalue weighted by Gasteiger charge is 2.41. The van der Waals surface area contributed by atoms with Crippen LogP contribution in [-0.4, -0.2) is 166 Å². The second-order valence-electron chi connectivity index (χ2n) is 20.2. The Labute approximate surface area is 448 Å². The first kappa shape index (κ1) is 65.9. The van der Waals surface area contributed by atoms with Gasteiger partial charge in [0, 0.05) is 25.8 Å². The molecule has 0 radical (unpaired) electrons. The van der Waals surface area contributed by atoms with Gasteiger partial charge in [-0.2, -0.15) is 0 Å².